The lowest BCUT2D eigenvalue weighted by Gasteiger charge is -2.28. The standard InChI is InChI=1S/C23H22F6/c1-2-3-4-14-5-7-15(8-6-14)16-9-10-18(19(24)11-16)17-12-20(25)22(21(26)13-17)23(27,28)29/h2,9-15H,1,3-8H2. The average molecular weight is 412 g/mol. The summed E-state index contributed by atoms with van der Waals surface area (Å²) in [6.07, 6.45) is 2.82. The van der Waals surface area contributed by atoms with Crippen molar-refractivity contribution in [3.05, 3.63) is 71.6 Å². The predicted octanol–water partition coefficient (Wildman–Crippen LogP) is 8.03. The van der Waals surface area contributed by atoms with Gasteiger partial charge in [-0.2, -0.15) is 13.2 Å². The molecule has 6 heteroatoms. The molecule has 29 heavy (non-hydrogen) atoms. The monoisotopic (exact) mass is 412 g/mol. The molecular formula is C23H22F6. The Morgan fingerprint density at radius 3 is 2.03 bits per heavy atom. The molecule has 1 aliphatic carbocycles. The first-order valence-electron chi connectivity index (χ1n) is 9.67. The predicted molar refractivity (Wildman–Crippen MR) is 101 cm³/mol. The van der Waals surface area contributed by atoms with Crippen LogP contribution in [-0.2, 0) is 6.18 Å². The summed E-state index contributed by atoms with van der Waals surface area (Å²) in [5, 5.41) is 0. The second kappa shape index (κ2) is 8.64. The lowest BCUT2D eigenvalue weighted by molar-refractivity contribution is -0.142. The molecule has 0 atom stereocenters. The van der Waals surface area contributed by atoms with Crippen molar-refractivity contribution in [3.63, 3.8) is 0 Å². The highest BCUT2D eigenvalue weighted by Gasteiger charge is 2.38. The highest BCUT2D eigenvalue weighted by Crippen LogP contribution is 2.40. The van der Waals surface area contributed by atoms with E-state index in [0.29, 0.717) is 18.1 Å². The molecule has 0 N–H and O–H groups in total. The van der Waals surface area contributed by atoms with Gasteiger partial charge in [-0.1, -0.05) is 18.2 Å². The molecule has 156 valence electrons. The fourth-order valence-electron chi connectivity index (χ4n) is 4.16. The van der Waals surface area contributed by atoms with Gasteiger partial charge in [0, 0.05) is 5.56 Å². The summed E-state index contributed by atoms with van der Waals surface area (Å²) in [7, 11) is 0. The van der Waals surface area contributed by atoms with Gasteiger partial charge in [0.2, 0.25) is 0 Å². The van der Waals surface area contributed by atoms with E-state index in [1.165, 1.54) is 12.1 Å². The van der Waals surface area contributed by atoms with Crippen molar-refractivity contribution >= 4 is 0 Å². The molecule has 2 aromatic carbocycles. The van der Waals surface area contributed by atoms with Crippen LogP contribution in [0.1, 0.15) is 55.6 Å². The number of halogens is 6. The van der Waals surface area contributed by atoms with Gasteiger partial charge in [0.1, 0.15) is 23.0 Å². The normalized spacial score (nSPS) is 19.9. The van der Waals surface area contributed by atoms with Crippen molar-refractivity contribution < 1.29 is 26.3 Å². The van der Waals surface area contributed by atoms with Crippen molar-refractivity contribution in [2.45, 2.75) is 50.6 Å². The zero-order valence-electron chi connectivity index (χ0n) is 15.8. The van der Waals surface area contributed by atoms with Crippen LogP contribution in [0, 0.1) is 23.4 Å². The van der Waals surface area contributed by atoms with Gasteiger partial charge in [-0.25, -0.2) is 13.2 Å². The summed E-state index contributed by atoms with van der Waals surface area (Å²) in [5.41, 5.74) is -1.54. The Bertz CT molecular complexity index is 852. The molecule has 3 rings (SSSR count). The maximum atomic E-state index is 14.7. The minimum absolute atomic E-state index is 0.125. The molecule has 0 nitrogen and oxygen atoms in total. The van der Waals surface area contributed by atoms with Crippen molar-refractivity contribution in [2.24, 2.45) is 5.92 Å². The second-order valence-corrected chi connectivity index (χ2v) is 7.64. The number of alkyl halides is 3. The third-order valence-electron chi connectivity index (χ3n) is 5.73. The van der Waals surface area contributed by atoms with E-state index >= 15 is 0 Å². The molecule has 0 aromatic heterocycles. The second-order valence-electron chi connectivity index (χ2n) is 7.64. The largest absolute Gasteiger partial charge is 0.422 e. The maximum absolute atomic E-state index is 14.7. The molecule has 0 bridgehead atoms. The molecule has 2 aromatic rings. The molecule has 1 fully saturated rings. The molecule has 0 amide bonds. The lowest BCUT2D eigenvalue weighted by Crippen LogP contribution is -2.13. The molecule has 0 heterocycles. The van der Waals surface area contributed by atoms with Crippen molar-refractivity contribution in [3.8, 4) is 11.1 Å². The van der Waals surface area contributed by atoms with E-state index in [9.17, 15) is 26.3 Å². The highest BCUT2D eigenvalue weighted by atomic mass is 19.4. The van der Waals surface area contributed by atoms with E-state index in [0.717, 1.165) is 44.1 Å². The average Bonchev–Trinajstić information content (AvgIpc) is 2.65. The van der Waals surface area contributed by atoms with Gasteiger partial charge in [0.15, 0.2) is 0 Å². The summed E-state index contributed by atoms with van der Waals surface area (Å²) >= 11 is 0. The third kappa shape index (κ3) is 4.85. The van der Waals surface area contributed by atoms with E-state index < -0.39 is 29.2 Å². The van der Waals surface area contributed by atoms with Crippen LogP contribution in [0.25, 0.3) is 11.1 Å². The van der Waals surface area contributed by atoms with Gasteiger partial charge in [0.25, 0.3) is 0 Å². The van der Waals surface area contributed by atoms with Gasteiger partial charge in [-0.15, -0.1) is 6.58 Å². The summed E-state index contributed by atoms with van der Waals surface area (Å²) in [6, 6.07) is 5.46. The number of rotatable bonds is 5. The quantitative estimate of drug-likeness (QED) is 0.344. The first-order valence-corrected chi connectivity index (χ1v) is 9.67. The Kier molecular flexibility index (Phi) is 6.39. The summed E-state index contributed by atoms with van der Waals surface area (Å²) in [5.74, 6) is -3.36. The smallest absolute Gasteiger partial charge is 0.206 e. The van der Waals surface area contributed by atoms with Crippen molar-refractivity contribution in [2.75, 3.05) is 0 Å². The van der Waals surface area contributed by atoms with E-state index in [2.05, 4.69) is 6.58 Å². The minimum atomic E-state index is -5.15. The molecule has 0 radical (unpaired) electrons. The fourth-order valence-corrected chi connectivity index (χ4v) is 4.16. The molecule has 1 aliphatic rings. The SMILES string of the molecule is C=CCCC1CCC(c2ccc(-c3cc(F)c(C(F)(F)F)c(F)c3)c(F)c2)CC1. The van der Waals surface area contributed by atoms with Gasteiger partial charge < -0.3 is 0 Å². The Labute approximate surface area is 166 Å². The summed E-state index contributed by atoms with van der Waals surface area (Å²) in [4.78, 5) is 0. The Morgan fingerprint density at radius 1 is 0.897 bits per heavy atom. The van der Waals surface area contributed by atoms with E-state index in [-0.39, 0.29) is 17.0 Å². The zero-order valence-corrected chi connectivity index (χ0v) is 15.8. The van der Waals surface area contributed by atoms with E-state index in [4.69, 9.17) is 0 Å². The van der Waals surface area contributed by atoms with Crippen LogP contribution in [0.3, 0.4) is 0 Å². The topological polar surface area (TPSA) is 0 Å². The Balaban J connectivity index is 1.80. The number of benzene rings is 2. The van der Waals surface area contributed by atoms with Crippen LogP contribution in [0.4, 0.5) is 26.3 Å². The van der Waals surface area contributed by atoms with E-state index in [1.807, 2.05) is 6.08 Å². The van der Waals surface area contributed by atoms with Gasteiger partial charge in [-0.3, -0.25) is 0 Å². The number of hydrogen-bond acceptors (Lipinski definition) is 0. The number of allylic oxidation sites excluding steroid dienone is 1. The van der Waals surface area contributed by atoms with Crippen LogP contribution in [0.5, 0.6) is 0 Å². The first kappa shape index (κ1) is 21.5. The van der Waals surface area contributed by atoms with Gasteiger partial charge in [0.05, 0.1) is 0 Å². The van der Waals surface area contributed by atoms with Gasteiger partial charge >= 0.3 is 6.18 Å². The Hall–Kier alpha value is -2.24. The van der Waals surface area contributed by atoms with Crippen LogP contribution in [0.15, 0.2) is 43.0 Å². The molecule has 0 saturated heterocycles. The third-order valence-corrected chi connectivity index (χ3v) is 5.73. The molecule has 0 spiro atoms. The van der Waals surface area contributed by atoms with Crippen LogP contribution < -0.4 is 0 Å². The Morgan fingerprint density at radius 2 is 1.52 bits per heavy atom. The molecule has 0 unspecified atom stereocenters. The fraction of sp³-hybridized carbons (Fsp3) is 0.391. The van der Waals surface area contributed by atoms with Crippen LogP contribution >= 0.6 is 0 Å². The molecule has 1 saturated carbocycles. The highest BCUT2D eigenvalue weighted by molar-refractivity contribution is 5.65. The molecular weight excluding hydrogens is 390 g/mol. The first-order chi connectivity index (χ1) is 13.7. The van der Waals surface area contributed by atoms with Crippen molar-refractivity contribution in [1.29, 1.82) is 0 Å². The summed E-state index contributed by atoms with van der Waals surface area (Å²) in [6.45, 7) is 3.73. The number of hydrogen-bond donors (Lipinski definition) is 0. The lowest BCUT2D eigenvalue weighted by atomic mass is 9.77. The van der Waals surface area contributed by atoms with Gasteiger partial charge in [-0.05, 0) is 79.7 Å². The zero-order chi connectivity index (χ0) is 21.2. The van der Waals surface area contributed by atoms with Crippen molar-refractivity contribution in [1.82, 2.24) is 0 Å². The molecule has 0 aliphatic heterocycles. The van der Waals surface area contributed by atoms with Crippen LogP contribution in [0.2, 0.25) is 0 Å². The van der Waals surface area contributed by atoms with E-state index in [1.54, 1.807) is 6.07 Å². The maximum Gasteiger partial charge on any atom is 0.422 e. The van der Waals surface area contributed by atoms with Crippen LogP contribution in [-0.4, -0.2) is 0 Å². The summed E-state index contributed by atoms with van der Waals surface area (Å²) < 4.78 is 80.5. The minimum Gasteiger partial charge on any atom is -0.206 e.